The van der Waals surface area contributed by atoms with E-state index in [1.807, 2.05) is 0 Å². The van der Waals surface area contributed by atoms with Crippen LogP contribution in [0.15, 0.2) is 22.7 Å². The summed E-state index contributed by atoms with van der Waals surface area (Å²) >= 11 is 0. The number of hydrogen-bond donors (Lipinski definition) is 2. The van der Waals surface area contributed by atoms with Gasteiger partial charge in [-0.15, -0.1) is 0 Å². The topological polar surface area (TPSA) is 103 Å². The van der Waals surface area contributed by atoms with E-state index in [1.165, 1.54) is 7.11 Å². The summed E-state index contributed by atoms with van der Waals surface area (Å²) < 4.78 is 9.73. The third-order valence-electron chi connectivity index (χ3n) is 2.71. The van der Waals surface area contributed by atoms with Gasteiger partial charge in [-0.05, 0) is 19.1 Å². The van der Waals surface area contributed by atoms with Gasteiger partial charge in [-0.1, -0.05) is 11.2 Å². The molecule has 7 heteroatoms. The number of carbonyl (C=O) groups is 1. The monoisotopic (exact) mass is 276 g/mol. The van der Waals surface area contributed by atoms with Crippen LogP contribution in [0, 0.1) is 6.92 Å². The number of hydrogen-bond acceptors (Lipinski definition) is 7. The Labute approximate surface area is 116 Å². The van der Waals surface area contributed by atoms with Gasteiger partial charge in [0, 0.05) is 13.0 Å². The third kappa shape index (κ3) is 3.05. The predicted octanol–water partition coefficient (Wildman–Crippen LogP) is 1.40. The number of para-hydroxylation sites is 1. The summed E-state index contributed by atoms with van der Waals surface area (Å²) in [6.07, 6.45) is 0.537. The fourth-order valence-corrected chi connectivity index (χ4v) is 1.78. The molecule has 1 aromatic carbocycles. The van der Waals surface area contributed by atoms with Crippen molar-refractivity contribution in [2.45, 2.75) is 13.3 Å². The standard InChI is InChI=1S/C13H16N4O3/c1-8-16-11(20-17-8)6-7-15-12-9(13(18)19-2)4-3-5-10(12)14/h3-5,15H,6-7,14H2,1-2H3. The van der Waals surface area contributed by atoms with Crippen LogP contribution in [0.2, 0.25) is 0 Å². The van der Waals surface area contributed by atoms with Crippen LogP contribution in [-0.2, 0) is 11.2 Å². The van der Waals surface area contributed by atoms with Crippen molar-refractivity contribution in [3.05, 3.63) is 35.5 Å². The number of benzene rings is 1. The SMILES string of the molecule is COC(=O)c1cccc(N)c1NCCc1nc(C)no1. The first-order valence-corrected chi connectivity index (χ1v) is 6.11. The number of esters is 1. The summed E-state index contributed by atoms with van der Waals surface area (Å²) in [5.41, 5.74) is 7.31. The second kappa shape index (κ2) is 6.05. The molecule has 0 aliphatic rings. The van der Waals surface area contributed by atoms with Crippen molar-refractivity contribution in [2.75, 3.05) is 24.7 Å². The Bertz CT molecular complexity index is 609. The van der Waals surface area contributed by atoms with Gasteiger partial charge in [-0.2, -0.15) is 4.98 Å². The number of nitrogens with two attached hydrogens (primary N) is 1. The summed E-state index contributed by atoms with van der Waals surface area (Å²) in [6, 6.07) is 5.07. The molecule has 20 heavy (non-hydrogen) atoms. The van der Waals surface area contributed by atoms with Crippen LogP contribution in [0.3, 0.4) is 0 Å². The van der Waals surface area contributed by atoms with Crippen LogP contribution < -0.4 is 11.1 Å². The molecular weight excluding hydrogens is 260 g/mol. The molecule has 0 saturated heterocycles. The summed E-state index contributed by atoms with van der Waals surface area (Å²) in [6.45, 7) is 2.27. The van der Waals surface area contributed by atoms with Gasteiger partial charge in [0.15, 0.2) is 5.82 Å². The van der Waals surface area contributed by atoms with Gasteiger partial charge >= 0.3 is 5.97 Å². The van der Waals surface area contributed by atoms with Crippen LogP contribution in [0.4, 0.5) is 11.4 Å². The first kappa shape index (κ1) is 13.9. The maximum absolute atomic E-state index is 11.7. The van der Waals surface area contributed by atoms with E-state index in [1.54, 1.807) is 25.1 Å². The predicted molar refractivity (Wildman–Crippen MR) is 73.4 cm³/mol. The minimum atomic E-state index is -0.437. The largest absolute Gasteiger partial charge is 0.465 e. The van der Waals surface area contributed by atoms with Gasteiger partial charge in [-0.3, -0.25) is 0 Å². The van der Waals surface area contributed by atoms with Gasteiger partial charge < -0.3 is 20.3 Å². The summed E-state index contributed by atoms with van der Waals surface area (Å²) in [4.78, 5) is 15.8. The molecule has 7 nitrogen and oxygen atoms in total. The smallest absolute Gasteiger partial charge is 0.340 e. The highest BCUT2D eigenvalue weighted by molar-refractivity contribution is 5.98. The number of methoxy groups -OCH3 is 1. The number of aromatic nitrogens is 2. The van der Waals surface area contributed by atoms with E-state index >= 15 is 0 Å². The lowest BCUT2D eigenvalue weighted by atomic mass is 10.1. The molecule has 2 rings (SSSR count). The van der Waals surface area contributed by atoms with E-state index in [4.69, 9.17) is 15.0 Å². The van der Waals surface area contributed by atoms with Gasteiger partial charge in [0.05, 0.1) is 24.0 Å². The van der Waals surface area contributed by atoms with Crippen LogP contribution in [-0.4, -0.2) is 29.8 Å². The third-order valence-corrected chi connectivity index (χ3v) is 2.71. The first-order chi connectivity index (χ1) is 9.61. The van der Waals surface area contributed by atoms with Crippen molar-refractivity contribution in [3.8, 4) is 0 Å². The zero-order valence-corrected chi connectivity index (χ0v) is 11.3. The molecule has 1 aromatic heterocycles. The molecule has 106 valence electrons. The van der Waals surface area contributed by atoms with Crippen molar-refractivity contribution in [1.82, 2.24) is 10.1 Å². The number of carbonyl (C=O) groups excluding carboxylic acids is 1. The molecule has 0 unspecified atom stereocenters. The van der Waals surface area contributed by atoms with Gasteiger partial charge in [0.2, 0.25) is 5.89 Å². The van der Waals surface area contributed by atoms with E-state index in [0.29, 0.717) is 41.6 Å². The number of aryl methyl sites for hydroxylation is 1. The lowest BCUT2D eigenvalue weighted by molar-refractivity contribution is 0.0602. The average molecular weight is 276 g/mol. The molecule has 0 atom stereocenters. The summed E-state index contributed by atoms with van der Waals surface area (Å²) in [5, 5.41) is 6.81. The molecule has 2 aromatic rings. The molecule has 0 spiro atoms. The Kier molecular flexibility index (Phi) is 4.19. The van der Waals surface area contributed by atoms with Gasteiger partial charge in [0.25, 0.3) is 0 Å². The van der Waals surface area contributed by atoms with Crippen molar-refractivity contribution < 1.29 is 14.1 Å². The zero-order chi connectivity index (χ0) is 14.5. The van der Waals surface area contributed by atoms with Crippen LogP contribution in [0.5, 0.6) is 0 Å². The lowest BCUT2D eigenvalue weighted by Crippen LogP contribution is -2.12. The van der Waals surface area contributed by atoms with Crippen molar-refractivity contribution in [3.63, 3.8) is 0 Å². The highest BCUT2D eigenvalue weighted by Gasteiger charge is 2.14. The quantitative estimate of drug-likeness (QED) is 0.628. The number of ether oxygens (including phenoxy) is 1. The molecule has 0 amide bonds. The number of nitrogens with one attached hydrogen (secondary N) is 1. The average Bonchev–Trinajstić information content (AvgIpc) is 2.85. The highest BCUT2D eigenvalue weighted by Crippen LogP contribution is 2.24. The fraction of sp³-hybridized carbons (Fsp3) is 0.308. The maximum atomic E-state index is 11.7. The number of nitrogens with zero attached hydrogens (tertiary/aromatic N) is 2. The minimum Gasteiger partial charge on any atom is -0.465 e. The Morgan fingerprint density at radius 3 is 2.95 bits per heavy atom. The van der Waals surface area contributed by atoms with E-state index in [2.05, 4.69) is 15.5 Å². The van der Waals surface area contributed by atoms with Crippen LogP contribution >= 0.6 is 0 Å². The number of nitrogen functional groups attached to an aromatic ring is 1. The zero-order valence-electron chi connectivity index (χ0n) is 11.3. The Morgan fingerprint density at radius 1 is 1.50 bits per heavy atom. The molecule has 0 saturated carbocycles. The Balaban J connectivity index is 2.06. The molecule has 1 heterocycles. The Morgan fingerprint density at radius 2 is 2.30 bits per heavy atom. The van der Waals surface area contributed by atoms with E-state index in [-0.39, 0.29) is 0 Å². The molecule has 0 radical (unpaired) electrons. The van der Waals surface area contributed by atoms with E-state index < -0.39 is 5.97 Å². The summed E-state index contributed by atoms with van der Waals surface area (Å²) in [5.74, 6) is 0.687. The maximum Gasteiger partial charge on any atom is 0.340 e. The van der Waals surface area contributed by atoms with Crippen LogP contribution in [0.25, 0.3) is 0 Å². The molecule has 0 aliphatic heterocycles. The van der Waals surface area contributed by atoms with E-state index in [9.17, 15) is 4.79 Å². The van der Waals surface area contributed by atoms with Crippen molar-refractivity contribution in [2.24, 2.45) is 0 Å². The number of rotatable bonds is 5. The molecular formula is C13H16N4O3. The minimum absolute atomic E-state index is 0.397. The van der Waals surface area contributed by atoms with Gasteiger partial charge in [0.1, 0.15) is 0 Å². The lowest BCUT2D eigenvalue weighted by Gasteiger charge is -2.12. The van der Waals surface area contributed by atoms with Gasteiger partial charge in [-0.25, -0.2) is 4.79 Å². The Hall–Kier alpha value is -2.57. The second-order valence-electron chi connectivity index (χ2n) is 4.17. The number of anilines is 2. The fourth-order valence-electron chi connectivity index (χ4n) is 1.78. The first-order valence-electron chi connectivity index (χ1n) is 6.11. The van der Waals surface area contributed by atoms with Crippen molar-refractivity contribution in [1.29, 1.82) is 0 Å². The second-order valence-corrected chi connectivity index (χ2v) is 4.17. The van der Waals surface area contributed by atoms with E-state index in [0.717, 1.165) is 0 Å². The highest BCUT2D eigenvalue weighted by atomic mass is 16.5. The molecule has 0 bridgehead atoms. The molecule has 0 aliphatic carbocycles. The van der Waals surface area contributed by atoms with Crippen molar-refractivity contribution >= 4 is 17.3 Å². The van der Waals surface area contributed by atoms with Crippen LogP contribution in [0.1, 0.15) is 22.1 Å². The molecule has 0 fully saturated rings. The normalized spacial score (nSPS) is 10.3. The summed E-state index contributed by atoms with van der Waals surface area (Å²) in [7, 11) is 1.33. The molecule has 3 N–H and O–H groups in total.